The Morgan fingerprint density at radius 3 is 2.39 bits per heavy atom. The Morgan fingerprint density at radius 1 is 1.00 bits per heavy atom. The predicted molar refractivity (Wildman–Crippen MR) is 110 cm³/mol. The number of urea groups is 1. The molecule has 1 aromatic heterocycles. The average Bonchev–Trinajstić information content (AvgIpc) is 3.30. The van der Waals surface area contributed by atoms with Gasteiger partial charge in [-0.2, -0.15) is 0 Å². The summed E-state index contributed by atoms with van der Waals surface area (Å²) in [7, 11) is 1.98. The summed E-state index contributed by atoms with van der Waals surface area (Å²) in [4.78, 5) is 12.7. The zero-order valence-electron chi connectivity index (χ0n) is 16.3. The highest BCUT2D eigenvalue weighted by molar-refractivity contribution is 5.89. The summed E-state index contributed by atoms with van der Waals surface area (Å²) in [5, 5.41) is 15.1. The molecule has 6 heteroatoms. The molecular formula is C22H25N5O. The summed E-state index contributed by atoms with van der Waals surface area (Å²) in [5.74, 6) is 1.64. The molecule has 0 aliphatic heterocycles. The van der Waals surface area contributed by atoms with Crippen LogP contribution in [0.3, 0.4) is 0 Å². The van der Waals surface area contributed by atoms with E-state index < -0.39 is 5.54 Å². The lowest BCUT2D eigenvalue weighted by molar-refractivity contribution is 0.233. The van der Waals surface area contributed by atoms with Crippen molar-refractivity contribution in [1.29, 1.82) is 0 Å². The van der Waals surface area contributed by atoms with Crippen molar-refractivity contribution in [2.24, 2.45) is 7.05 Å². The van der Waals surface area contributed by atoms with E-state index in [0.717, 1.165) is 54.1 Å². The number of aromatic nitrogens is 3. The number of hydrogen-bond acceptors (Lipinski definition) is 3. The third-order valence-electron chi connectivity index (χ3n) is 5.53. The number of rotatable bonds is 4. The summed E-state index contributed by atoms with van der Waals surface area (Å²) in [6, 6.07) is 17.4. The average molecular weight is 375 g/mol. The highest BCUT2D eigenvalue weighted by atomic mass is 16.2. The van der Waals surface area contributed by atoms with Gasteiger partial charge in [0.2, 0.25) is 0 Å². The minimum atomic E-state index is -0.498. The SMILES string of the molecule is Cc1ccccc1-c1nnc(C2(NC(=O)Nc3ccccc3)CCCC2)n1C. The van der Waals surface area contributed by atoms with Crippen LogP contribution in [0.2, 0.25) is 0 Å². The molecule has 2 amide bonds. The first-order chi connectivity index (χ1) is 13.6. The third-order valence-corrected chi connectivity index (χ3v) is 5.53. The van der Waals surface area contributed by atoms with Crippen molar-refractivity contribution in [3.8, 4) is 11.4 Å². The van der Waals surface area contributed by atoms with Crippen LogP contribution in [0.5, 0.6) is 0 Å². The van der Waals surface area contributed by atoms with Crippen molar-refractivity contribution in [3.63, 3.8) is 0 Å². The molecule has 0 bridgehead atoms. The fourth-order valence-electron chi connectivity index (χ4n) is 4.09. The van der Waals surface area contributed by atoms with Gasteiger partial charge < -0.3 is 15.2 Å². The molecule has 1 fully saturated rings. The molecule has 1 aliphatic carbocycles. The second kappa shape index (κ2) is 7.46. The van der Waals surface area contributed by atoms with Crippen LogP contribution < -0.4 is 10.6 Å². The predicted octanol–water partition coefficient (Wildman–Crippen LogP) is 4.38. The molecule has 1 aliphatic rings. The van der Waals surface area contributed by atoms with Gasteiger partial charge in [-0.25, -0.2) is 4.79 Å². The van der Waals surface area contributed by atoms with Crippen LogP contribution in [0.25, 0.3) is 11.4 Å². The normalized spacial score (nSPS) is 15.4. The molecule has 1 saturated carbocycles. The van der Waals surface area contributed by atoms with Crippen molar-refractivity contribution in [2.75, 3.05) is 5.32 Å². The summed E-state index contributed by atoms with van der Waals surface area (Å²) in [6.07, 6.45) is 3.82. The second-order valence-corrected chi connectivity index (χ2v) is 7.46. The first kappa shape index (κ1) is 18.2. The van der Waals surface area contributed by atoms with Crippen LogP contribution in [-0.2, 0) is 12.6 Å². The lowest BCUT2D eigenvalue weighted by atomic mass is 9.96. The van der Waals surface area contributed by atoms with Crippen LogP contribution in [0, 0.1) is 6.92 Å². The van der Waals surface area contributed by atoms with Crippen LogP contribution in [-0.4, -0.2) is 20.8 Å². The maximum absolute atomic E-state index is 12.7. The van der Waals surface area contributed by atoms with Gasteiger partial charge in [-0.05, 0) is 37.5 Å². The molecule has 2 aromatic carbocycles. The number of nitrogens with zero attached hydrogens (tertiary/aromatic N) is 3. The molecule has 1 heterocycles. The Bertz CT molecular complexity index is 974. The van der Waals surface area contributed by atoms with Gasteiger partial charge in [-0.3, -0.25) is 0 Å². The molecule has 4 rings (SSSR count). The first-order valence-electron chi connectivity index (χ1n) is 9.69. The third kappa shape index (κ3) is 3.38. The Hall–Kier alpha value is -3.15. The Kier molecular flexibility index (Phi) is 4.86. The second-order valence-electron chi connectivity index (χ2n) is 7.46. The maximum Gasteiger partial charge on any atom is 0.320 e. The quantitative estimate of drug-likeness (QED) is 0.711. The van der Waals surface area contributed by atoms with Crippen molar-refractivity contribution in [2.45, 2.75) is 38.1 Å². The summed E-state index contributed by atoms with van der Waals surface area (Å²) < 4.78 is 2.02. The molecule has 144 valence electrons. The highest BCUT2D eigenvalue weighted by Gasteiger charge is 2.41. The lowest BCUT2D eigenvalue weighted by Crippen LogP contribution is -2.47. The van der Waals surface area contributed by atoms with E-state index in [4.69, 9.17) is 0 Å². The van der Waals surface area contributed by atoms with Crippen LogP contribution in [0.15, 0.2) is 54.6 Å². The lowest BCUT2D eigenvalue weighted by Gasteiger charge is -2.29. The van der Waals surface area contributed by atoms with Gasteiger partial charge in [0, 0.05) is 18.3 Å². The topological polar surface area (TPSA) is 71.8 Å². The van der Waals surface area contributed by atoms with Gasteiger partial charge in [-0.1, -0.05) is 55.3 Å². The molecule has 0 radical (unpaired) electrons. The van der Waals surface area contributed by atoms with Crippen LogP contribution >= 0.6 is 0 Å². The van der Waals surface area contributed by atoms with E-state index in [2.05, 4.69) is 39.9 Å². The number of nitrogens with one attached hydrogen (secondary N) is 2. The van der Waals surface area contributed by atoms with Crippen molar-refractivity contribution in [3.05, 3.63) is 66.0 Å². The largest absolute Gasteiger partial charge is 0.325 e. The Morgan fingerprint density at radius 2 is 1.68 bits per heavy atom. The smallest absolute Gasteiger partial charge is 0.320 e. The summed E-state index contributed by atoms with van der Waals surface area (Å²) in [5.41, 5.74) is 2.49. The number of para-hydroxylation sites is 1. The molecular weight excluding hydrogens is 350 g/mol. The number of hydrogen-bond donors (Lipinski definition) is 2. The van der Waals surface area contributed by atoms with E-state index in [1.54, 1.807) is 0 Å². The molecule has 3 aromatic rings. The van der Waals surface area contributed by atoms with Crippen molar-refractivity contribution < 1.29 is 4.79 Å². The molecule has 0 spiro atoms. The van der Waals surface area contributed by atoms with Crippen molar-refractivity contribution in [1.82, 2.24) is 20.1 Å². The number of amides is 2. The van der Waals surface area contributed by atoms with Gasteiger partial charge >= 0.3 is 6.03 Å². The number of anilines is 1. The van der Waals surface area contributed by atoms with E-state index in [9.17, 15) is 4.79 Å². The van der Waals surface area contributed by atoms with Crippen molar-refractivity contribution >= 4 is 11.7 Å². The molecule has 0 unspecified atom stereocenters. The van der Waals surface area contributed by atoms with E-state index >= 15 is 0 Å². The fourth-order valence-corrected chi connectivity index (χ4v) is 4.09. The van der Waals surface area contributed by atoms with E-state index in [0.29, 0.717) is 0 Å². The van der Waals surface area contributed by atoms with Crippen LogP contribution in [0.1, 0.15) is 37.1 Å². The Labute approximate surface area is 165 Å². The Balaban J connectivity index is 1.63. The first-order valence-corrected chi connectivity index (χ1v) is 9.69. The minimum absolute atomic E-state index is 0.214. The summed E-state index contributed by atoms with van der Waals surface area (Å²) >= 11 is 0. The number of benzene rings is 2. The van der Waals surface area contributed by atoms with Gasteiger partial charge in [-0.15, -0.1) is 10.2 Å². The van der Waals surface area contributed by atoms with E-state index in [-0.39, 0.29) is 6.03 Å². The van der Waals surface area contributed by atoms with E-state index in [1.165, 1.54) is 0 Å². The number of carbonyl (C=O) groups excluding carboxylic acids is 1. The van der Waals surface area contributed by atoms with E-state index in [1.807, 2.05) is 54.1 Å². The number of aryl methyl sites for hydroxylation is 1. The monoisotopic (exact) mass is 375 g/mol. The zero-order chi connectivity index (χ0) is 19.6. The fraction of sp³-hybridized carbons (Fsp3) is 0.318. The molecule has 6 nitrogen and oxygen atoms in total. The zero-order valence-corrected chi connectivity index (χ0v) is 16.3. The van der Waals surface area contributed by atoms with Gasteiger partial charge in [0.1, 0.15) is 5.54 Å². The maximum atomic E-state index is 12.7. The highest BCUT2D eigenvalue weighted by Crippen LogP contribution is 2.39. The number of carbonyl (C=O) groups is 1. The summed E-state index contributed by atoms with van der Waals surface area (Å²) in [6.45, 7) is 2.07. The molecule has 0 atom stereocenters. The van der Waals surface area contributed by atoms with Gasteiger partial charge in [0.15, 0.2) is 11.6 Å². The standard InChI is InChI=1S/C22H25N5O/c1-16-10-6-7-13-18(16)19-25-26-20(27(19)2)22(14-8-9-15-22)24-21(28)23-17-11-4-3-5-12-17/h3-7,10-13H,8-9,14-15H2,1-2H3,(H2,23,24,28). The minimum Gasteiger partial charge on any atom is -0.325 e. The van der Waals surface area contributed by atoms with Crippen LogP contribution in [0.4, 0.5) is 10.5 Å². The molecule has 28 heavy (non-hydrogen) atoms. The van der Waals surface area contributed by atoms with Gasteiger partial charge in [0.25, 0.3) is 0 Å². The molecule has 0 saturated heterocycles. The molecule has 2 N–H and O–H groups in total. The van der Waals surface area contributed by atoms with Gasteiger partial charge in [0.05, 0.1) is 0 Å².